The van der Waals surface area contributed by atoms with Crippen LogP contribution in [0.4, 0.5) is 14.5 Å². The van der Waals surface area contributed by atoms with E-state index in [1.165, 1.54) is 27.4 Å². The number of nitrogens with one attached hydrogen (secondary N) is 2. The third kappa shape index (κ3) is 8.47. The maximum atomic E-state index is 14.3. The van der Waals surface area contributed by atoms with Crippen LogP contribution in [0.25, 0.3) is 33.4 Å². The Labute approximate surface area is 365 Å². The number of aromatic nitrogens is 3. The Morgan fingerprint density at radius 2 is 1.89 bits per heavy atom. The number of carbonyl (C=O) groups excluding carboxylic acids is 3. The van der Waals surface area contributed by atoms with Crippen LogP contribution < -0.4 is 15.6 Å². The van der Waals surface area contributed by atoms with Gasteiger partial charge in [0.25, 0.3) is 5.91 Å². The highest BCUT2D eigenvalue weighted by molar-refractivity contribution is 7.10. The van der Waals surface area contributed by atoms with E-state index in [9.17, 15) is 23.2 Å². The molecule has 2 saturated heterocycles. The molecule has 2 N–H and O–H groups in total. The lowest BCUT2D eigenvalue weighted by atomic mass is 9.84. The minimum atomic E-state index is -2.91. The third-order valence-electron chi connectivity index (χ3n) is 13.5. The number of hydrogen-bond acceptors (Lipinski definition) is 11. The van der Waals surface area contributed by atoms with Gasteiger partial charge in [0.2, 0.25) is 11.8 Å². The summed E-state index contributed by atoms with van der Waals surface area (Å²) in [7, 11) is 3.87. The highest BCUT2D eigenvalue weighted by Gasteiger charge is 2.44. The first kappa shape index (κ1) is 42.8. The Hall–Kier alpha value is -4.51. The van der Waals surface area contributed by atoms with Crippen molar-refractivity contribution in [2.45, 2.75) is 109 Å². The molecule has 62 heavy (non-hydrogen) atoms. The fourth-order valence-corrected chi connectivity index (χ4v) is 10.9. The number of anilines is 1. The molecule has 0 spiro atoms. The Kier molecular flexibility index (Phi) is 11.7. The van der Waals surface area contributed by atoms with Crippen molar-refractivity contribution in [3.63, 3.8) is 0 Å². The summed E-state index contributed by atoms with van der Waals surface area (Å²) in [6.45, 7) is 11.3. The molecule has 7 heterocycles. The van der Waals surface area contributed by atoms with Gasteiger partial charge in [-0.05, 0) is 81.8 Å². The number of fused-ring (bicyclic) bond motifs is 6. The van der Waals surface area contributed by atoms with E-state index in [-0.39, 0.29) is 32.0 Å². The zero-order valence-electron chi connectivity index (χ0n) is 36.4. The largest absolute Gasteiger partial charge is 0.464 e. The van der Waals surface area contributed by atoms with E-state index in [0.717, 1.165) is 90.4 Å². The van der Waals surface area contributed by atoms with Crippen molar-refractivity contribution in [1.82, 2.24) is 35.2 Å². The first-order valence-electron chi connectivity index (χ1n) is 22.2. The van der Waals surface area contributed by atoms with Crippen LogP contribution in [0, 0.1) is 11.3 Å². The number of esters is 1. The average molecular weight is 873 g/mol. The second kappa shape index (κ2) is 16.9. The summed E-state index contributed by atoms with van der Waals surface area (Å²) in [4.78, 5) is 56.6. The van der Waals surface area contributed by atoms with Crippen LogP contribution >= 0.6 is 11.3 Å². The smallest absolute Gasteiger partial charge is 0.324 e. The molecule has 16 heteroatoms. The van der Waals surface area contributed by atoms with Gasteiger partial charge in [-0.3, -0.25) is 24.4 Å². The third-order valence-corrected chi connectivity index (χ3v) is 14.4. The molecule has 4 aliphatic heterocycles. The molecular weight excluding hydrogens is 815 g/mol. The lowest BCUT2D eigenvalue weighted by molar-refractivity contribution is -0.155. The van der Waals surface area contributed by atoms with E-state index in [0.29, 0.717) is 30.8 Å². The molecule has 1 unspecified atom stereocenters. The van der Waals surface area contributed by atoms with Gasteiger partial charge >= 0.3 is 5.97 Å². The normalized spacial score (nSPS) is 24.8. The summed E-state index contributed by atoms with van der Waals surface area (Å²) >= 11 is 1.40. The highest BCUT2D eigenvalue weighted by Crippen LogP contribution is 2.46. The number of likely N-dealkylation sites (N-methyl/N-ethyl adjacent to an activating group) is 1. The molecule has 6 bridgehead atoms. The van der Waals surface area contributed by atoms with Gasteiger partial charge in [-0.15, -0.1) is 11.3 Å². The van der Waals surface area contributed by atoms with Crippen molar-refractivity contribution in [3.05, 3.63) is 51.6 Å². The van der Waals surface area contributed by atoms with Gasteiger partial charge in [-0.2, -0.15) is 0 Å². The van der Waals surface area contributed by atoms with Gasteiger partial charge in [0.05, 0.1) is 52.2 Å². The molecular formula is C46H58F2N8O5S. The van der Waals surface area contributed by atoms with E-state index in [1.54, 1.807) is 7.11 Å². The quantitative estimate of drug-likeness (QED) is 0.212. The molecule has 3 fully saturated rings. The molecule has 332 valence electrons. The number of rotatable bonds is 6. The van der Waals surface area contributed by atoms with Gasteiger partial charge in [0.15, 0.2) is 0 Å². The second-order valence-corrected chi connectivity index (χ2v) is 19.8. The molecule has 1 aliphatic carbocycles. The molecule has 5 aliphatic rings. The van der Waals surface area contributed by atoms with Crippen molar-refractivity contribution >= 4 is 45.7 Å². The minimum absolute atomic E-state index is 0.0501. The van der Waals surface area contributed by atoms with Gasteiger partial charge < -0.3 is 29.2 Å². The van der Waals surface area contributed by atoms with Gasteiger partial charge in [-0.25, -0.2) is 19.2 Å². The molecule has 4 aromatic rings. The van der Waals surface area contributed by atoms with Gasteiger partial charge in [0.1, 0.15) is 12.1 Å². The van der Waals surface area contributed by atoms with E-state index in [4.69, 9.17) is 19.4 Å². The number of cyclic esters (lactones) is 1. The molecule has 0 radical (unpaired) electrons. The minimum Gasteiger partial charge on any atom is -0.464 e. The number of hydrogen-bond donors (Lipinski definition) is 2. The summed E-state index contributed by atoms with van der Waals surface area (Å²) < 4.78 is 43.0. The van der Waals surface area contributed by atoms with Crippen molar-refractivity contribution in [2.24, 2.45) is 11.3 Å². The van der Waals surface area contributed by atoms with Gasteiger partial charge in [-0.1, -0.05) is 13.8 Å². The Bertz CT molecular complexity index is 2370. The summed E-state index contributed by atoms with van der Waals surface area (Å²) in [5.41, 5.74) is 11.9. The molecule has 9 rings (SSSR count). The molecule has 1 saturated carbocycles. The van der Waals surface area contributed by atoms with E-state index >= 15 is 0 Å². The fourth-order valence-electron chi connectivity index (χ4n) is 10.0. The highest BCUT2D eigenvalue weighted by atomic mass is 32.1. The van der Waals surface area contributed by atoms with Crippen molar-refractivity contribution < 1.29 is 32.6 Å². The van der Waals surface area contributed by atoms with E-state index in [1.807, 2.05) is 18.5 Å². The van der Waals surface area contributed by atoms with E-state index in [2.05, 4.69) is 64.2 Å². The Morgan fingerprint density at radius 3 is 2.65 bits per heavy atom. The number of carbonyl (C=O) groups is 3. The Balaban J connectivity index is 1.17. The number of thiazole rings is 1. The number of aryl methyl sites for hydroxylation is 2. The maximum Gasteiger partial charge on any atom is 0.324 e. The Morgan fingerprint density at radius 1 is 1.08 bits per heavy atom. The van der Waals surface area contributed by atoms with E-state index < -0.39 is 53.5 Å². The summed E-state index contributed by atoms with van der Waals surface area (Å²) in [5.74, 6) is -5.29. The summed E-state index contributed by atoms with van der Waals surface area (Å²) in [6, 6.07) is 4.90. The van der Waals surface area contributed by atoms with Crippen LogP contribution in [0.1, 0.15) is 87.2 Å². The number of alkyl halides is 2. The average Bonchev–Trinajstić information content (AvgIpc) is 3.97. The summed E-state index contributed by atoms with van der Waals surface area (Å²) in [5, 5.41) is 7.94. The number of benzene rings is 1. The number of hydrazine groups is 1. The maximum absolute atomic E-state index is 14.3. The lowest BCUT2D eigenvalue weighted by Crippen LogP contribution is -2.60. The van der Waals surface area contributed by atoms with Crippen LogP contribution in [0.3, 0.4) is 0 Å². The SMILES string of the molecule is CO[C@@H](C)c1ncc(N2CCN(C)CC2)cc1-c1c2c3cc(cc4c3n1CCC4)-c1csc(n1)C[C@H](NC(=O)C1CCC(F)(F)C1)C(=O)N1CCC[C@H](N1)C(=O)OCC(C)(C)C2. The fraction of sp³-hybridized carbons (Fsp3) is 0.587. The predicted molar refractivity (Wildman–Crippen MR) is 234 cm³/mol. The zero-order valence-corrected chi connectivity index (χ0v) is 37.2. The number of piperazine rings is 1. The van der Waals surface area contributed by atoms with Gasteiger partial charge in [0, 0.05) is 98.9 Å². The number of methoxy groups -OCH3 is 1. The number of amides is 2. The van der Waals surface area contributed by atoms with Crippen molar-refractivity contribution in [1.29, 1.82) is 0 Å². The number of nitrogens with zero attached hydrogens (tertiary/aromatic N) is 6. The van der Waals surface area contributed by atoms with Crippen LogP contribution in [0.15, 0.2) is 29.8 Å². The zero-order chi connectivity index (χ0) is 43.5. The van der Waals surface area contributed by atoms with Crippen LogP contribution in [0.2, 0.25) is 0 Å². The lowest BCUT2D eigenvalue weighted by Gasteiger charge is -2.35. The number of halogens is 2. The van der Waals surface area contributed by atoms with Crippen molar-refractivity contribution in [3.8, 4) is 22.5 Å². The van der Waals surface area contributed by atoms with Crippen molar-refractivity contribution in [2.75, 3.05) is 58.4 Å². The number of ether oxygens (including phenoxy) is 2. The molecule has 3 aromatic heterocycles. The second-order valence-electron chi connectivity index (χ2n) is 18.9. The van der Waals surface area contributed by atoms with Crippen LogP contribution in [-0.2, 0) is 49.7 Å². The summed E-state index contributed by atoms with van der Waals surface area (Å²) in [6.07, 6.45) is 4.35. The molecule has 2 amide bonds. The molecule has 13 nitrogen and oxygen atoms in total. The monoisotopic (exact) mass is 872 g/mol. The number of pyridine rings is 1. The topological polar surface area (TPSA) is 134 Å². The predicted octanol–water partition coefficient (Wildman–Crippen LogP) is 6.32. The van der Waals surface area contributed by atoms with Crippen LogP contribution in [-0.4, -0.2) is 114 Å². The first-order chi connectivity index (χ1) is 29.7. The molecule has 1 aromatic carbocycles. The van der Waals surface area contributed by atoms with Crippen LogP contribution in [0.5, 0.6) is 0 Å². The standard InChI is InChI=1S/C46H58F2N8O5S/c1-27(60-5)39-33(20-31(24-49-39)54-16-14-53(4)15-17-54)41-34-23-45(2,3)26-61-44(59)35-9-7-13-56(52-35)43(58)36(51-42(57)29-10-11-46(47,48)22-29)21-38-50-37(25-62-38)30-18-28-8-6-12-55(41)40(28)32(34)19-30/h18-20,24-25,27,29,35-36,52H,6-17,21-23,26H2,1-5H3,(H,51,57)/t27-,29?,35-,36-/m0/s1. The molecule has 4 atom stereocenters. The first-order valence-corrected chi connectivity index (χ1v) is 23.1.